The van der Waals surface area contributed by atoms with Crippen LogP contribution in [-0.2, 0) is 37.0 Å². The van der Waals surface area contributed by atoms with Gasteiger partial charge in [0, 0.05) is 31.2 Å². The fourth-order valence-corrected chi connectivity index (χ4v) is 6.50. The average Bonchev–Trinajstić information content (AvgIpc) is 3.62. The Kier molecular flexibility index (Phi) is 11.1. The van der Waals surface area contributed by atoms with Crippen LogP contribution in [0.2, 0.25) is 0 Å². The van der Waals surface area contributed by atoms with Crippen LogP contribution in [0.1, 0.15) is 54.9 Å². The van der Waals surface area contributed by atoms with Gasteiger partial charge < -0.3 is 24.6 Å². The summed E-state index contributed by atoms with van der Waals surface area (Å²) in [4.78, 5) is 23.7. The Bertz CT molecular complexity index is 1850. The number of nitrogens with one attached hydrogen (secondary N) is 1. The van der Waals surface area contributed by atoms with Gasteiger partial charge in [0.25, 0.3) is 5.91 Å². The molecule has 6 rings (SSSR count). The molecule has 1 amide bonds. The van der Waals surface area contributed by atoms with Gasteiger partial charge in [-0.25, -0.2) is 0 Å². The maximum absolute atomic E-state index is 12.5. The van der Waals surface area contributed by atoms with E-state index in [-0.39, 0.29) is 31.3 Å². The number of rotatable bonds is 12. The number of esters is 1. The number of nitrogens with zero attached hydrogens (tertiary/aromatic N) is 4. The van der Waals surface area contributed by atoms with Crippen LogP contribution in [0.3, 0.4) is 0 Å². The molecule has 1 aromatic heterocycles. The third kappa shape index (κ3) is 8.59. The molecule has 1 fully saturated rings. The second kappa shape index (κ2) is 16.0. The molecule has 0 aliphatic carbocycles. The van der Waals surface area contributed by atoms with Crippen molar-refractivity contribution in [1.82, 2.24) is 25.5 Å². The Morgan fingerprint density at radius 1 is 0.959 bits per heavy atom. The summed E-state index contributed by atoms with van der Waals surface area (Å²) in [7, 11) is 0. The SMILES string of the molecule is CC(=O)O[C@@H](C)C(=O)NCc1ccccc1-c1ccc([C@@H]2O[C@H](CSc3nnnn3-c3ccccc3)C[C@H](c3ccc(CO)cc3)O2)cc1. The number of hydrogen-bond donors (Lipinski definition) is 2. The van der Waals surface area contributed by atoms with Crippen molar-refractivity contribution in [2.45, 2.75) is 63.2 Å². The molecule has 1 aliphatic rings. The zero-order valence-corrected chi connectivity index (χ0v) is 28.0. The Hall–Kier alpha value is -4.88. The van der Waals surface area contributed by atoms with Gasteiger partial charge in [-0.1, -0.05) is 103 Å². The highest BCUT2D eigenvalue weighted by molar-refractivity contribution is 7.99. The molecule has 1 aliphatic heterocycles. The van der Waals surface area contributed by atoms with Crippen molar-refractivity contribution >= 4 is 23.6 Å². The van der Waals surface area contributed by atoms with Crippen molar-refractivity contribution < 1.29 is 28.9 Å². The van der Waals surface area contributed by atoms with E-state index in [0.717, 1.165) is 39.1 Å². The van der Waals surface area contributed by atoms with E-state index in [9.17, 15) is 14.7 Å². The number of carbonyl (C=O) groups is 2. The molecule has 4 aromatic carbocycles. The van der Waals surface area contributed by atoms with Gasteiger partial charge >= 0.3 is 5.97 Å². The molecule has 0 saturated carbocycles. The fraction of sp³-hybridized carbons (Fsp3) is 0.270. The first-order valence-electron chi connectivity index (χ1n) is 16.0. The number of aliphatic hydroxyl groups is 1. The molecule has 4 atom stereocenters. The summed E-state index contributed by atoms with van der Waals surface area (Å²) in [6.45, 7) is 3.07. The van der Waals surface area contributed by atoms with E-state index in [0.29, 0.717) is 17.3 Å². The molecule has 252 valence electrons. The number of aliphatic hydroxyl groups excluding tert-OH is 1. The van der Waals surface area contributed by atoms with Crippen LogP contribution in [-0.4, -0.2) is 55.2 Å². The average molecular weight is 680 g/mol. The highest BCUT2D eigenvalue weighted by Crippen LogP contribution is 2.40. The summed E-state index contributed by atoms with van der Waals surface area (Å²) in [5.74, 6) is -0.266. The minimum atomic E-state index is -0.878. The van der Waals surface area contributed by atoms with Gasteiger partial charge in [-0.05, 0) is 57.3 Å². The standard InChI is InChI=1S/C37H37N5O6S/c1-24(46-25(2)44)35(45)38-21-30-8-6-7-11-33(30)27-16-18-29(19-17-27)36-47-32(20-34(48-36)28-14-12-26(22-43)13-15-28)23-49-37-39-40-41-42(37)31-9-4-3-5-10-31/h3-19,24,32,34,36,43H,20-23H2,1-2H3,(H,38,45)/t24-,32-,34+,36+/m0/s1. The Labute approximate surface area is 288 Å². The predicted octanol–water partition coefficient (Wildman–Crippen LogP) is 5.73. The predicted molar refractivity (Wildman–Crippen MR) is 183 cm³/mol. The number of carbonyl (C=O) groups excluding carboxylic acids is 2. The van der Waals surface area contributed by atoms with E-state index in [1.165, 1.54) is 18.7 Å². The van der Waals surface area contributed by atoms with Crippen molar-refractivity contribution in [1.29, 1.82) is 0 Å². The molecular formula is C37H37N5O6S. The van der Waals surface area contributed by atoms with E-state index in [1.807, 2.05) is 103 Å². The topological polar surface area (TPSA) is 138 Å². The van der Waals surface area contributed by atoms with Gasteiger partial charge in [-0.2, -0.15) is 4.68 Å². The minimum Gasteiger partial charge on any atom is -0.453 e. The molecule has 11 nitrogen and oxygen atoms in total. The first-order chi connectivity index (χ1) is 23.9. The maximum atomic E-state index is 12.5. The van der Waals surface area contributed by atoms with Crippen LogP contribution in [0.4, 0.5) is 0 Å². The van der Waals surface area contributed by atoms with Crippen molar-refractivity contribution in [3.8, 4) is 16.8 Å². The van der Waals surface area contributed by atoms with Crippen molar-refractivity contribution in [3.63, 3.8) is 0 Å². The van der Waals surface area contributed by atoms with Gasteiger partial charge in [0.05, 0.1) is 24.5 Å². The number of aromatic nitrogens is 4. The Morgan fingerprint density at radius 3 is 2.41 bits per heavy atom. The highest BCUT2D eigenvalue weighted by Gasteiger charge is 2.33. The molecule has 12 heteroatoms. The summed E-state index contributed by atoms with van der Waals surface area (Å²) in [6, 6.07) is 33.4. The van der Waals surface area contributed by atoms with Gasteiger partial charge in [0.15, 0.2) is 12.4 Å². The Balaban J connectivity index is 1.19. The molecule has 5 aromatic rings. The zero-order chi connectivity index (χ0) is 34.2. The number of ether oxygens (including phenoxy) is 3. The number of tetrazole rings is 1. The fourth-order valence-electron chi connectivity index (χ4n) is 5.59. The summed E-state index contributed by atoms with van der Waals surface area (Å²) in [5, 5.41) is 25.4. The van der Waals surface area contributed by atoms with E-state index in [1.54, 1.807) is 11.6 Å². The highest BCUT2D eigenvalue weighted by atomic mass is 32.2. The van der Waals surface area contributed by atoms with E-state index in [4.69, 9.17) is 14.2 Å². The number of benzene rings is 4. The molecular weight excluding hydrogens is 643 g/mol. The van der Waals surface area contributed by atoms with Crippen LogP contribution in [0, 0.1) is 0 Å². The van der Waals surface area contributed by atoms with Crippen molar-refractivity contribution in [2.24, 2.45) is 0 Å². The zero-order valence-electron chi connectivity index (χ0n) is 27.1. The van der Waals surface area contributed by atoms with Crippen molar-refractivity contribution in [3.05, 3.63) is 125 Å². The van der Waals surface area contributed by atoms with Gasteiger partial charge in [-0.3, -0.25) is 9.59 Å². The molecule has 0 bridgehead atoms. The number of hydrogen-bond acceptors (Lipinski definition) is 10. The molecule has 0 spiro atoms. The molecule has 1 saturated heterocycles. The quantitative estimate of drug-likeness (QED) is 0.124. The molecule has 2 N–H and O–H groups in total. The van der Waals surface area contributed by atoms with Gasteiger partial charge in [0.1, 0.15) is 0 Å². The summed E-state index contributed by atoms with van der Waals surface area (Å²) < 4.78 is 19.8. The van der Waals surface area contributed by atoms with E-state index < -0.39 is 18.4 Å². The lowest BCUT2D eigenvalue weighted by Gasteiger charge is -2.36. The summed E-state index contributed by atoms with van der Waals surface area (Å²) in [5.41, 5.74) is 6.44. The maximum Gasteiger partial charge on any atom is 0.303 e. The lowest BCUT2D eigenvalue weighted by Crippen LogP contribution is -2.35. The van der Waals surface area contributed by atoms with E-state index in [2.05, 4.69) is 20.8 Å². The van der Waals surface area contributed by atoms with Crippen LogP contribution >= 0.6 is 11.8 Å². The van der Waals surface area contributed by atoms with Crippen molar-refractivity contribution in [2.75, 3.05) is 5.75 Å². The third-order valence-electron chi connectivity index (χ3n) is 8.13. The van der Waals surface area contributed by atoms with E-state index >= 15 is 0 Å². The molecule has 0 unspecified atom stereocenters. The first kappa shape index (κ1) is 34.0. The van der Waals surface area contributed by atoms with Gasteiger partial charge in [-0.15, -0.1) is 5.10 Å². The third-order valence-corrected chi connectivity index (χ3v) is 9.18. The number of para-hydroxylation sites is 1. The minimum absolute atomic E-state index is 0.0256. The second-order valence-corrected chi connectivity index (χ2v) is 12.6. The molecule has 49 heavy (non-hydrogen) atoms. The summed E-state index contributed by atoms with van der Waals surface area (Å²) >= 11 is 1.53. The van der Waals surface area contributed by atoms with Gasteiger partial charge in [0.2, 0.25) is 5.16 Å². The lowest BCUT2D eigenvalue weighted by molar-refractivity contribution is -0.245. The largest absolute Gasteiger partial charge is 0.453 e. The summed E-state index contributed by atoms with van der Waals surface area (Å²) in [6.07, 6.45) is -1.29. The smallest absolute Gasteiger partial charge is 0.303 e. The first-order valence-corrected chi connectivity index (χ1v) is 17.0. The monoisotopic (exact) mass is 679 g/mol. The van der Waals surface area contributed by atoms with Crippen LogP contribution < -0.4 is 5.32 Å². The normalized spacial score (nSPS) is 18.1. The second-order valence-electron chi connectivity index (χ2n) is 11.6. The number of amides is 1. The van der Waals surface area contributed by atoms with Crippen LogP contribution in [0.15, 0.2) is 108 Å². The Morgan fingerprint density at radius 2 is 1.67 bits per heavy atom. The lowest BCUT2D eigenvalue weighted by atomic mass is 9.97. The van der Waals surface area contributed by atoms with Crippen LogP contribution in [0.5, 0.6) is 0 Å². The number of thioether (sulfide) groups is 1. The molecule has 0 radical (unpaired) electrons. The molecule has 2 heterocycles. The van der Waals surface area contributed by atoms with Crippen LogP contribution in [0.25, 0.3) is 16.8 Å².